The highest BCUT2D eigenvalue weighted by atomic mass is 19.1. The first-order chi connectivity index (χ1) is 12.6. The number of carbonyl (C=O) groups excluding carboxylic acids is 1. The van der Waals surface area contributed by atoms with Crippen molar-refractivity contribution in [2.24, 2.45) is 0 Å². The molecule has 0 spiro atoms. The summed E-state index contributed by atoms with van der Waals surface area (Å²) >= 11 is 0. The lowest BCUT2D eigenvalue weighted by atomic mass is 10.1. The van der Waals surface area contributed by atoms with E-state index in [1.165, 1.54) is 12.1 Å². The molecule has 0 N–H and O–H groups in total. The second-order valence-electron chi connectivity index (χ2n) is 6.80. The van der Waals surface area contributed by atoms with Gasteiger partial charge >= 0.3 is 0 Å². The number of halogens is 1. The Morgan fingerprint density at radius 2 is 2.12 bits per heavy atom. The number of fused-ring (bicyclic) bond motifs is 1. The monoisotopic (exact) mass is 350 g/mol. The number of anilines is 1. The van der Waals surface area contributed by atoms with Crippen molar-refractivity contribution in [2.75, 3.05) is 24.5 Å². The minimum Gasteiger partial charge on any atom is -0.344 e. The van der Waals surface area contributed by atoms with E-state index in [0.29, 0.717) is 31.0 Å². The van der Waals surface area contributed by atoms with Crippen molar-refractivity contribution in [3.8, 4) is 6.07 Å². The average molecular weight is 350 g/mol. The molecule has 0 atom stereocenters. The maximum atomic E-state index is 13.3. The van der Waals surface area contributed by atoms with Crippen molar-refractivity contribution in [3.63, 3.8) is 0 Å². The number of piperazine rings is 1. The zero-order valence-corrected chi connectivity index (χ0v) is 14.4. The highest BCUT2D eigenvalue weighted by Crippen LogP contribution is 2.28. The molecule has 4 rings (SSSR count). The standard InChI is InChI=1S/C20H19FN4O/c21-17-5-1-3-14(9-17)12-24-7-8-25(13-19(24)26)20-16(11-22)10-15-4-2-6-18(15)23-20/h1,3,5,9-10H,2,4,6-8,12-13H2. The molecular weight excluding hydrogens is 331 g/mol. The first-order valence-corrected chi connectivity index (χ1v) is 8.84. The lowest BCUT2D eigenvalue weighted by Crippen LogP contribution is -2.50. The SMILES string of the molecule is N#Cc1cc2c(nc1N1CCN(Cc3cccc(F)c3)C(=O)C1)CCC2. The van der Waals surface area contributed by atoms with E-state index in [-0.39, 0.29) is 18.3 Å². The molecule has 6 heteroatoms. The molecule has 1 aliphatic heterocycles. The second kappa shape index (κ2) is 6.75. The summed E-state index contributed by atoms with van der Waals surface area (Å²) in [5.41, 5.74) is 3.52. The van der Waals surface area contributed by atoms with Crippen LogP contribution in [0.1, 0.15) is 28.8 Å². The number of hydrogen-bond donors (Lipinski definition) is 0. The molecule has 0 radical (unpaired) electrons. The molecule has 2 aromatic rings. The van der Waals surface area contributed by atoms with Gasteiger partial charge in [-0.25, -0.2) is 9.37 Å². The fraction of sp³-hybridized carbons (Fsp3) is 0.350. The molecule has 2 heterocycles. The molecule has 1 aliphatic carbocycles. The topological polar surface area (TPSA) is 60.2 Å². The van der Waals surface area contributed by atoms with Crippen LogP contribution < -0.4 is 4.90 Å². The number of benzene rings is 1. The Morgan fingerprint density at radius 3 is 2.88 bits per heavy atom. The minimum atomic E-state index is -0.297. The van der Waals surface area contributed by atoms with Gasteiger partial charge in [-0.3, -0.25) is 4.79 Å². The molecular formula is C20H19FN4O. The first-order valence-electron chi connectivity index (χ1n) is 8.84. The predicted octanol–water partition coefficient (Wildman–Crippen LogP) is 2.43. The van der Waals surface area contributed by atoms with Crippen LogP contribution in [-0.4, -0.2) is 35.4 Å². The summed E-state index contributed by atoms with van der Waals surface area (Å²) in [5, 5.41) is 9.47. The van der Waals surface area contributed by atoms with Crippen molar-refractivity contribution in [3.05, 3.63) is 58.5 Å². The van der Waals surface area contributed by atoms with Crippen LogP contribution in [0.15, 0.2) is 30.3 Å². The Kier molecular flexibility index (Phi) is 4.29. The summed E-state index contributed by atoms with van der Waals surface area (Å²) < 4.78 is 13.3. The largest absolute Gasteiger partial charge is 0.344 e. The third-order valence-electron chi connectivity index (χ3n) is 5.03. The molecule has 0 bridgehead atoms. The molecule has 1 aromatic carbocycles. The van der Waals surface area contributed by atoms with Crippen LogP contribution in [0.5, 0.6) is 0 Å². The predicted molar refractivity (Wildman–Crippen MR) is 95.0 cm³/mol. The van der Waals surface area contributed by atoms with Crippen molar-refractivity contribution in [1.82, 2.24) is 9.88 Å². The lowest BCUT2D eigenvalue weighted by molar-refractivity contribution is -0.131. The van der Waals surface area contributed by atoms with Crippen LogP contribution in [0.2, 0.25) is 0 Å². The van der Waals surface area contributed by atoms with E-state index >= 15 is 0 Å². The van der Waals surface area contributed by atoms with Gasteiger partial charge in [0.2, 0.25) is 5.91 Å². The van der Waals surface area contributed by atoms with Crippen molar-refractivity contribution >= 4 is 11.7 Å². The lowest BCUT2D eigenvalue weighted by Gasteiger charge is -2.35. The fourth-order valence-corrected chi connectivity index (χ4v) is 3.70. The van der Waals surface area contributed by atoms with Gasteiger partial charge in [-0.1, -0.05) is 12.1 Å². The number of rotatable bonds is 3. The summed E-state index contributed by atoms with van der Waals surface area (Å²) in [6.07, 6.45) is 2.97. The maximum Gasteiger partial charge on any atom is 0.242 e. The van der Waals surface area contributed by atoms with E-state index in [0.717, 1.165) is 36.1 Å². The van der Waals surface area contributed by atoms with Crippen LogP contribution in [0, 0.1) is 17.1 Å². The number of aryl methyl sites for hydroxylation is 2. The number of pyridine rings is 1. The molecule has 0 unspecified atom stereocenters. The molecule has 132 valence electrons. The Labute approximate surface area is 151 Å². The minimum absolute atomic E-state index is 0.0355. The number of carbonyl (C=O) groups is 1. The molecule has 2 aliphatic rings. The van der Waals surface area contributed by atoms with Gasteiger partial charge in [0.25, 0.3) is 0 Å². The van der Waals surface area contributed by atoms with Gasteiger partial charge in [0.05, 0.1) is 12.1 Å². The van der Waals surface area contributed by atoms with Crippen LogP contribution in [0.3, 0.4) is 0 Å². The van der Waals surface area contributed by atoms with Gasteiger partial charge in [0.1, 0.15) is 17.7 Å². The third kappa shape index (κ3) is 3.13. The van der Waals surface area contributed by atoms with E-state index in [9.17, 15) is 14.4 Å². The molecule has 1 amide bonds. The van der Waals surface area contributed by atoms with Crippen LogP contribution in [-0.2, 0) is 24.2 Å². The first kappa shape index (κ1) is 16.5. The highest BCUT2D eigenvalue weighted by Gasteiger charge is 2.28. The van der Waals surface area contributed by atoms with E-state index < -0.39 is 0 Å². The fourth-order valence-electron chi connectivity index (χ4n) is 3.70. The quantitative estimate of drug-likeness (QED) is 0.853. The number of amides is 1. The summed E-state index contributed by atoms with van der Waals surface area (Å²) in [6, 6.07) is 10.5. The number of nitriles is 1. The van der Waals surface area contributed by atoms with Gasteiger partial charge in [0.15, 0.2) is 0 Å². The summed E-state index contributed by atoms with van der Waals surface area (Å²) in [7, 11) is 0. The normalized spacial score (nSPS) is 16.5. The van der Waals surface area contributed by atoms with E-state index in [2.05, 4.69) is 11.1 Å². The Hall–Kier alpha value is -2.94. The van der Waals surface area contributed by atoms with Crippen molar-refractivity contribution < 1.29 is 9.18 Å². The molecule has 5 nitrogen and oxygen atoms in total. The summed E-state index contributed by atoms with van der Waals surface area (Å²) in [6.45, 7) is 1.73. The van der Waals surface area contributed by atoms with Gasteiger partial charge < -0.3 is 9.80 Å². The van der Waals surface area contributed by atoms with E-state index in [4.69, 9.17) is 0 Å². The Balaban J connectivity index is 1.51. The van der Waals surface area contributed by atoms with Crippen LogP contribution >= 0.6 is 0 Å². The zero-order chi connectivity index (χ0) is 18.1. The second-order valence-corrected chi connectivity index (χ2v) is 6.80. The van der Waals surface area contributed by atoms with Crippen molar-refractivity contribution in [1.29, 1.82) is 5.26 Å². The molecule has 1 saturated heterocycles. The number of nitrogens with zero attached hydrogens (tertiary/aromatic N) is 4. The summed E-state index contributed by atoms with van der Waals surface area (Å²) in [4.78, 5) is 20.9. The Bertz CT molecular complexity index is 905. The van der Waals surface area contributed by atoms with Crippen molar-refractivity contribution in [2.45, 2.75) is 25.8 Å². The number of aromatic nitrogens is 1. The molecule has 1 aromatic heterocycles. The smallest absolute Gasteiger partial charge is 0.242 e. The molecule has 1 fully saturated rings. The average Bonchev–Trinajstić information content (AvgIpc) is 3.10. The molecule has 0 saturated carbocycles. The van der Waals surface area contributed by atoms with E-state index in [1.807, 2.05) is 17.0 Å². The van der Waals surface area contributed by atoms with Gasteiger partial charge in [-0.2, -0.15) is 5.26 Å². The maximum absolute atomic E-state index is 13.3. The highest BCUT2D eigenvalue weighted by molar-refractivity contribution is 5.83. The van der Waals surface area contributed by atoms with Gasteiger partial charge in [-0.05, 0) is 48.6 Å². The van der Waals surface area contributed by atoms with Gasteiger partial charge in [0, 0.05) is 25.3 Å². The zero-order valence-electron chi connectivity index (χ0n) is 14.4. The molecule has 26 heavy (non-hydrogen) atoms. The van der Waals surface area contributed by atoms with Crippen LogP contribution in [0.4, 0.5) is 10.2 Å². The summed E-state index contributed by atoms with van der Waals surface area (Å²) in [5.74, 6) is 0.285. The third-order valence-corrected chi connectivity index (χ3v) is 5.03. The van der Waals surface area contributed by atoms with E-state index in [1.54, 1.807) is 11.0 Å². The Morgan fingerprint density at radius 1 is 1.23 bits per heavy atom. The van der Waals surface area contributed by atoms with Crippen LogP contribution in [0.25, 0.3) is 0 Å². The van der Waals surface area contributed by atoms with Gasteiger partial charge in [-0.15, -0.1) is 0 Å². The number of hydrogen-bond acceptors (Lipinski definition) is 4.